The van der Waals surface area contributed by atoms with E-state index in [2.05, 4.69) is 9.97 Å². The van der Waals surface area contributed by atoms with Gasteiger partial charge in [-0.25, -0.2) is 9.37 Å². The Balaban J connectivity index is 2.05. The van der Waals surface area contributed by atoms with Crippen LogP contribution in [0.2, 0.25) is 0 Å². The molecule has 0 spiro atoms. The van der Waals surface area contributed by atoms with Gasteiger partial charge in [0, 0.05) is 28.9 Å². The fourth-order valence-corrected chi connectivity index (χ4v) is 3.79. The average Bonchev–Trinajstić information content (AvgIpc) is 2.90. The molecule has 2 heterocycles. The Morgan fingerprint density at radius 2 is 2.04 bits per heavy atom. The van der Waals surface area contributed by atoms with Crippen molar-refractivity contribution in [3.63, 3.8) is 0 Å². The molecule has 0 aliphatic carbocycles. The number of benzene rings is 1. The lowest BCUT2D eigenvalue weighted by molar-refractivity contribution is 0.0741. The second-order valence-electron chi connectivity index (χ2n) is 6.00. The number of nitrogens with one attached hydrogen (secondary N) is 1. The molecular weight excluding hydrogens is 341 g/mol. The Morgan fingerprint density at radius 3 is 2.68 bits per heavy atom. The van der Waals surface area contributed by atoms with E-state index in [0.717, 1.165) is 15.6 Å². The van der Waals surface area contributed by atoms with Gasteiger partial charge in [0.1, 0.15) is 5.82 Å². The molecule has 2 aromatic heterocycles. The third kappa shape index (κ3) is 3.19. The van der Waals surface area contributed by atoms with E-state index in [1.807, 2.05) is 20.8 Å². The number of hydrogen-bond donors (Lipinski definition) is 1. The van der Waals surface area contributed by atoms with Crippen LogP contribution < -0.4 is 5.56 Å². The first-order valence-electron chi connectivity index (χ1n) is 7.81. The molecule has 1 amide bonds. The summed E-state index contributed by atoms with van der Waals surface area (Å²) < 4.78 is 13.6. The molecule has 0 saturated heterocycles. The number of aromatic nitrogens is 2. The predicted molar refractivity (Wildman–Crippen MR) is 96.6 cm³/mol. The van der Waals surface area contributed by atoms with E-state index in [1.54, 1.807) is 18.4 Å². The van der Waals surface area contributed by atoms with E-state index in [4.69, 9.17) is 0 Å². The minimum atomic E-state index is -0.463. The van der Waals surface area contributed by atoms with Crippen LogP contribution >= 0.6 is 11.3 Å². The molecular formula is C18H18FN3O2S. The van der Waals surface area contributed by atoms with Crippen LogP contribution in [0, 0.1) is 19.7 Å². The van der Waals surface area contributed by atoms with Crippen LogP contribution in [0.15, 0.2) is 29.1 Å². The number of carbonyl (C=O) groups is 1. The maximum Gasteiger partial charge on any atom is 0.255 e. The van der Waals surface area contributed by atoms with E-state index < -0.39 is 11.4 Å². The standard InChI is InChI=1S/C18H18FN3O2S/c1-9(17-10(2)25-11(3)20-17)22(4)18(24)14-8-16(23)21-15-6-5-12(19)7-13(14)15/h5-9H,1-4H3,(H,21,23)/t9-/m0/s1. The van der Waals surface area contributed by atoms with Crippen LogP contribution in [-0.2, 0) is 0 Å². The fraction of sp³-hybridized carbons (Fsp3) is 0.278. The first-order chi connectivity index (χ1) is 11.8. The Hall–Kier alpha value is -2.54. The van der Waals surface area contributed by atoms with Gasteiger partial charge in [0.15, 0.2) is 0 Å². The highest BCUT2D eigenvalue weighted by molar-refractivity contribution is 7.11. The second-order valence-corrected chi connectivity index (χ2v) is 7.41. The molecule has 7 heteroatoms. The number of H-pyrrole nitrogens is 1. The molecule has 0 bridgehead atoms. The van der Waals surface area contributed by atoms with Gasteiger partial charge in [-0.2, -0.15) is 0 Å². The first kappa shape index (κ1) is 17.3. The molecule has 0 saturated carbocycles. The zero-order valence-corrected chi connectivity index (χ0v) is 15.2. The number of fused-ring (bicyclic) bond motifs is 1. The highest BCUT2D eigenvalue weighted by Gasteiger charge is 2.24. The molecule has 5 nitrogen and oxygen atoms in total. The van der Waals surface area contributed by atoms with Crippen molar-refractivity contribution < 1.29 is 9.18 Å². The molecule has 1 N–H and O–H groups in total. The van der Waals surface area contributed by atoms with Crippen molar-refractivity contribution >= 4 is 28.1 Å². The topological polar surface area (TPSA) is 66.1 Å². The van der Waals surface area contributed by atoms with Gasteiger partial charge in [-0.1, -0.05) is 0 Å². The summed E-state index contributed by atoms with van der Waals surface area (Å²) in [6.45, 7) is 5.77. The summed E-state index contributed by atoms with van der Waals surface area (Å²) >= 11 is 1.58. The number of hydrogen-bond acceptors (Lipinski definition) is 4. The maximum atomic E-state index is 13.6. The van der Waals surface area contributed by atoms with E-state index in [-0.39, 0.29) is 17.5 Å². The number of aryl methyl sites for hydroxylation is 2. The minimum absolute atomic E-state index is 0.178. The van der Waals surface area contributed by atoms with E-state index in [1.165, 1.54) is 29.2 Å². The summed E-state index contributed by atoms with van der Waals surface area (Å²) in [5.74, 6) is -0.811. The molecule has 0 aliphatic rings. The third-order valence-electron chi connectivity index (χ3n) is 4.27. The predicted octanol–water partition coefficient (Wildman–Crippen LogP) is 3.57. The molecule has 3 aromatic rings. The highest BCUT2D eigenvalue weighted by atomic mass is 32.1. The van der Waals surface area contributed by atoms with Crippen molar-refractivity contribution in [3.8, 4) is 0 Å². The second kappa shape index (κ2) is 6.40. The van der Waals surface area contributed by atoms with Gasteiger partial charge < -0.3 is 9.88 Å². The molecule has 0 aliphatic heterocycles. The van der Waals surface area contributed by atoms with Crippen LogP contribution in [0.4, 0.5) is 4.39 Å². The van der Waals surface area contributed by atoms with Crippen LogP contribution in [0.3, 0.4) is 0 Å². The highest BCUT2D eigenvalue weighted by Crippen LogP contribution is 2.28. The summed E-state index contributed by atoms with van der Waals surface area (Å²) in [5.41, 5.74) is 1.04. The van der Waals surface area contributed by atoms with E-state index in [0.29, 0.717) is 10.9 Å². The van der Waals surface area contributed by atoms with Crippen LogP contribution in [-0.4, -0.2) is 27.8 Å². The SMILES string of the molecule is Cc1nc([C@H](C)N(C)C(=O)c2cc(=O)[nH]c3ccc(F)cc23)c(C)s1. The summed E-state index contributed by atoms with van der Waals surface area (Å²) in [4.78, 5) is 34.6. The number of thiazole rings is 1. The van der Waals surface area contributed by atoms with E-state index >= 15 is 0 Å². The van der Waals surface area contributed by atoms with Crippen molar-refractivity contribution in [2.45, 2.75) is 26.8 Å². The molecule has 130 valence electrons. The Kier molecular flexibility index (Phi) is 4.43. The Labute approximate surface area is 148 Å². The van der Waals surface area contributed by atoms with Gasteiger partial charge >= 0.3 is 0 Å². The molecule has 3 rings (SSSR count). The summed E-state index contributed by atoms with van der Waals surface area (Å²) in [6.07, 6.45) is 0. The summed E-state index contributed by atoms with van der Waals surface area (Å²) in [5, 5.41) is 1.32. The Bertz CT molecular complexity index is 1020. The molecule has 1 atom stereocenters. The number of amides is 1. The smallest absolute Gasteiger partial charge is 0.255 e. The Morgan fingerprint density at radius 1 is 1.32 bits per heavy atom. The van der Waals surface area contributed by atoms with Crippen molar-refractivity contribution in [1.82, 2.24) is 14.9 Å². The summed E-state index contributed by atoms with van der Waals surface area (Å²) in [7, 11) is 1.66. The fourth-order valence-electron chi connectivity index (χ4n) is 2.88. The third-order valence-corrected chi connectivity index (χ3v) is 5.17. The number of carbonyl (C=O) groups excluding carboxylic acids is 1. The number of rotatable bonds is 3. The first-order valence-corrected chi connectivity index (χ1v) is 8.63. The van der Waals surface area contributed by atoms with Crippen LogP contribution in [0.5, 0.6) is 0 Å². The molecule has 0 unspecified atom stereocenters. The molecule has 0 radical (unpaired) electrons. The largest absolute Gasteiger partial charge is 0.333 e. The average molecular weight is 359 g/mol. The van der Waals surface area contributed by atoms with Gasteiger partial charge in [0.25, 0.3) is 5.91 Å². The number of halogens is 1. The van der Waals surface area contributed by atoms with Gasteiger partial charge in [-0.05, 0) is 39.0 Å². The van der Waals surface area contributed by atoms with Crippen molar-refractivity contribution in [2.24, 2.45) is 0 Å². The van der Waals surface area contributed by atoms with Gasteiger partial charge in [0.2, 0.25) is 5.56 Å². The number of aromatic amines is 1. The molecule has 1 aromatic carbocycles. The van der Waals surface area contributed by atoms with Crippen LogP contribution in [0.1, 0.15) is 38.9 Å². The van der Waals surface area contributed by atoms with Crippen molar-refractivity contribution in [2.75, 3.05) is 7.05 Å². The maximum absolute atomic E-state index is 13.6. The normalized spacial score (nSPS) is 12.4. The lowest BCUT2D eigenvalue weighted by Crippen LogP contribution is -2.31. The quantitative estimate of drug-likeness (QED) is 0.777. The van der Waals surface area contributed by atoms with Gasteiger partial charge in [0.05, 0.1) is 22.3 Å². The zero-order chi connectivity index (χ0) is 18.3. The number of nitrogens with zero attached hydrogens (tertiary/aromatic N) is 2. The molecule has 0 fully saturated rings. The van der Waals surface area contributed by atoms with Gasteiger partial charge in [-0.3, -0.25) is 9.59 Å². The summed E-state index contributed by atoms with van der Waals surface area (Å²) in [6, 6.07) is 4.92. The zero-order valence-electron chi connectivity index (χ0n) is 14.4. The van der Waals surface area contributed by atoms with Crippen molar-refractivity contribution in [3.05, 3.63) is 61.6 Å². The van der Waals surface area contributed by atoms with Crippen LogP contribution in [0.25, 0.3) is 10.9 Å². The lowest BCUT2D eigenvalue weighted by Gasteiger charge is -2.25. The van der Waals surface area contributed by atoms with Crippen molar-refractivity contribution in [1.29, 1.82) is 0 Å². The number of pyridine rings is 1. The molecule has 25 heavy (non-hydrogen) atoms. The lowest BCUT2D eigenvalue weighted by atomic mass is 10.1. The van der Waals surface area contributed by atoms with E-state index in [9.17, 15) is 14.0 Å². The minimum Gasteiger partial charge on any atom is -0.333 e. The van der Waals surface area contributed by atoms with Gasteiger partial charge in [-0.15, -0.1) is 11.3 Å². The monoisotopic (exact) mass is 359 g/mol.